The summed E-state index contributed by atoms with van der Waals surface area (Å²) in [5.41, 5.74) is 3.36. The van der Waals surface area contributed by atoms with Crippen LogP contribution in [0.5, 0.6) is 0 Å². The molecular formula is C39H48F3N5O. The van der Waals surface area contributed by atoms with Gasteiger partial charge in [-0.05, 0) is 144 Å². The molecule has 2 aromatic carbocycles. The summed E-state index contributed by atoms with van der Waals surface area (Å²) in [5.74, 6) is -0.106. The minimum absolute atomic E-state index is 0.106. The Labute approximate surface area is 283 Å². The van der Waals surface area contributed by atoms with Crippen molar-refractivity contribution in [3.05, 3.63) is 95.8 Å². The van der Waals surface area contributed by atoms with Crippen LogP contribution in [0.2, 0.25) is 0 Å². The maximum absolute atomic E-state index is 13.9. The molecule has 1 aromatic heterocycles. The number of rotatable bonds is 8. The number of carbonyl (C=O) groups excluding carboxylic acids is 1. The molecule has 2 aliphatic heterocycles. The number of likely N-dealkylation sites (tertiary alicyclic amines) is 2. The highest BCUT2D eigenvalue weighted by molar-refractivity contribution is 5.92. The number of amides is 1. The van der Waals surface area contributed by atoms with E-state index in [0.29, 0.717) is 17.5 Å². The molecule has 1 aliphatic carbocycles. The van der Waals surface area contributed by atoms with Crippen LogP contribution in [0.25, 0.3) is 6.08 Å². The van der Waals surface area contributed by atoms with Crippen LogP contribution in [0.4, 0.5) is 24.5 Å². The number of nitrogens with zero attached hydrogens (tertiary/aromatic N) is 5. The topological polar surface area (TPSA) is 42.9 Å². The van der Waals surface area contributed by atoms with Gasteiger partial charge in [-0.1, -0.05) is 24.3 Å². The Hall–Kier alpha value is -3.69. The minimum Gasteiger partial charge on any atom is -0.345 e. The molecule has 256 valence electrons. The third kappa shape index (κ3) is 8.29. The number of hydrogen-bond acceptors (Lipinski definition) is 5. The lowest BCUT2D eigenvalue weighted by Crippen LogP contribution is -2.51. The van der Waals surface area contributed by atoms with Crippen LogP contribution in [0.3, 0.4) is 0 Å². The quantitative estimate of drug-likeness (QED) is 0.229. The second-order valence-corrected chi connectivity index (χ2v) is 14.2. The van der Waals surface area contributed by atoms with Crippen LogP contribution in [-0.2, 0) is 17.5 Å². The number of benzene rings is 2. The van der Waals surface area contributed by atoms with Crippen LogP contribution in [-0.4, -0.2) is 77.9 Å². The van der Waals surface area contributed by atoms with Crippen molar-refractivity contribution in [1.29, 1.82) is 0 Å². The standard InChI is InChI=1S/C39H48F3N5O/c1-44-25-17-35(18-26-44)46-27-21-38(22-28-46)19-13-36(14-20-38)47(37(48)12-7-30-3-8-32(9-4-30)39(40,41)42)29-31-5-10-33(11-6-31)45(2)34-15-23-43-24-16-34/h3-12,15-16,23-24,35-36H,13-14,17-22,25-29H2,1-2H3. The van der Waals surface area contributed by atoms with E-state index in [-0.39, 0.29) is 11.9 Å². The maximum atomic E-state index is 13.9. The number of aromatic nitrogens is 1. The molecule has 6 rings (SSSR count). The maximum Gasteiger partial charge on any atom is 0.416 e. The van der Waals surface area contributed by atoms with Crippen molar-refractivity contribution in [2.75, 3.05) is 45.2 Å². The van der Waals surface area contributed by atoms with Gasteiger partial charge in [0.2, 0.25) is 5.91 Å². The smallest absolute Gasteiger partial charge is 0.345 e. The van der Waals surface area contributed by atoms with Crippen LogP contribution in [0.15, 0.2) is 79.1 Å². The second-order valence-electron chi connectivity index (χ2n) is 14.2. The highest BCUT2D eigenvalue weighted by Gasteiger charge is 2.41. The van der Waals surface area contributed by atoms with Gasteiger partial charge in [0.05, 0.1) is 5.56 Å². The summed E-state index contributed by atoms with van der Waals surface area (Å²) in [6.45, 7) is 5.22. The van der Waals surface area contributed by atoms with Crippen molar-refractivity contribution >= 4 is 23.4 Å². The zero-order valence-corrected chi connectivity index (χ0v) is 28.2. The van der Waals surface area contributed by atoms with Crippen molar-refractivity contribution in [2.45, 2.75) is 76.2 Å². The van der Waals surface area contributed by atoms with E-state index < -0.39 is 11.7 Å². The van der Waals surface area contributed by atoms with Crippen LogP contribution in [0.1, 0.15) is 68.1 Å². The molecule has 0 atom stereocenters. The number of anilines is 2. The van der Waals surface area contributed by atoms with E-state index in [2.05, 4.69) is 51.0 Å². The van der Waals surface area contributed by atoms with Gasteiger partial charge in [0.1, 0.15) is 0 Å². The van der Waals surface area contributed by atoms with Crippen LogP contribution in [0, 0.1) is 5.41 Å². The Balaban J connectivity index is 1.13. The number of alkyl halides is 3. The van der Waals surface area contributed by atoms with Gasteiger partial charge in [0.25, 0.3) is 0 Å². The molecule has 1 spiro atoms. The van der Waals surface area contributed by atoms with Crippen LogP contribution < -0.4 is 4.90 Å². The molecular weight excluding hydrogens is 611 g/mol. The summed E-state index contributed by atoms with van der Waals surface area (Å²) in [6.07, 6.45) is 11.5. The Kier molecular flexibility index (Phi) is 10.6. The van der Waals surface area contributed by atoms with Gasteiger partial charge in [0.15, 0.2) is 0 Å². The molecule has 0 N–H and O–H groups in total. The molecule has 48 heavy (non-hydrogen) atoms. The number of pyridine rings is 1. The van der Waals surface area contributed by atoms with E-state index in [9.17, 15) is 18.0 Å². The molecule has 1 saturated carbocycles. The summed E-state index contributed by atoms with van der Waals surface area (Å²) in [4.78, 5) is 27.2. The van der Waals surface area contributed by atoms with E-state index in [4.69, 9.17) is 0 Å². The van der Waals surface area contributed by atoms with Gasteiger partial charge in [-0.25, -0.2) is 0 Å². The minimum atomic E-state index is -4.39. The molecule has 0 unspecified atom stereocenters. The highest BCUT2D eigenvalue weighted by atomic mass is 19.4. The van der Waals surface area contributed by atoms with E-state index in [1.165, 1.54) is 70.1 Å². The molecule has 3 aromatic rings. The Morgan fingerprint density at radius 3 is 2.06 bits per heavy atom. The third-order valence-corrected chi connectivity index (χ3v) is 11.2. The first-order valence-electron chi connectivity index (χ1n) is 17.4. The fourth-order valence-electron chi connectivity index (χ4n) is 7.92. The Morgan fingerprint density at radius 1 is 0.854 bits per heavy atom. The second kappa shape index (κ2) is 14.8. The molecule has 3 heterocycles. The normalized spacial score (nSPS) is 19.9. The average Bonchev–Trinajstić information content (AvgIpc) is 3.11. The van der Waals surface area contributed by atoms with Crippen molar-refractivity contribution in [3.63, 3.8) is 0 Å². The molecule has 0 radical (unpaired) electrons. The predicted octanol–water partition coefficient (Wildman–Crippen LogP) is 8.03. The van der Waals surface area contributed by atoms with Gasteiger partial charge >= 0.3 is 6.18 Å². The zero-order valence-electron chi connectivity index (χ0n) is 28.2. The highest BCUT2D eigenvalue weighted by Crippen LogP contribution is 2.46. The zero-order chi connectivity index (χ0) is 33.7. The molecule has 0 bridgehead atoms. The van der Waals surface area contributed by atoms with Crippen molar-refractivity contribution < 1.29 is 18.0 Å². The Morgan fingerprint density at radius 2 is 1.46 bits per heavy atom. The van der Waals surface area contributed by atoms with Crippen molar-refractivity contribution in [2.24, 2.45) is 5.41 Å². The van der Waals surface area contributed by atoms with Gasteiger partial charge in [-0.2, -0.15) is 13.2 Å². The van der Waals surface area contributed by atoms with E-state index in [0.717, 1.165) is 60.8 Å². The largest absolute Gasteiger partial charge is 0.416 e. The molecule has 2 saturated heterocycles. The summed E-state index contributed by atoms with van der Waals surface area (Å²) in [6, 6.07) is 18.0. The molecule has 3 aliphatic rings. The van der Waals surface area contributed by atoms with Crippen LogP contribution >= 0.6 is 0 Å². The first kappa shape index (κ1) is 34.2. The number of hydrogen-bond donors (Lipinski definition) is 0. The number of halogens is 3. The summed E-state index contributed by atoms with van der Waals surface area (Å²) >= 11 is 0. The number of carbonyl (C=O) groups is 1. The lowest BCUT2D eigenvalue weighted by Gasteiger charge is -2.50. The number of piperidine rings is 2. The predicted molar refractivity (Wildman–Crippen MR) is 186 cm³/mol. The van der Waals surface area contributed by atoms with E-state index in [1.54, 1.807) is 18.5 Å². The SMILES string of the molecule is CN1CCC(N2CCC3(CCC(N(Cc4ccc(N(C)c5ccncc5)cc4)C(=O)C=Cc4ccc(C(F)(F)F)cc4)CC3)CC2)CC1. The van der Waals surface area contributed by atoms with Gasteiger partial charge in [-0.15, -0.1) is 0 Å². The first-order valence-corrected chi connectivity index (χ1v) is 17.4. The molecule has 9 heteroatoms. The summed E-state index contributed by atoms with van der Waals surface area (Å²) in [5, 5.41) is 0. The fourth-order valence-corrected chi connectivity index (χ4v) is 7.92. The first-order chi connectivity index (χ1) is 23.1. The van der Waals surface area contributed by atoms with Gasteiger partial charge < -0.3 is 19.6 Å². The lowest BCUT2D eigenvalue weighted by atomic mass is 9.66. The van der Waals surface area contributed by atoms with Gasteiger partial charge in [0, 0.05) is 55.5 Å². The molecule has 1 amide bonds. The van der Waals surface area contributed by atoms with E-state index in [1.807, 2.05) is 24.1 Å². The molecule has 3 fully saturated rings. The molecule has 6 nitrogen and oxygen atoms in total. The van der Waals surface area contributed by atoms with Crippen molar-refractivity contribution in [3.8, 4) is 0 Å². The fraction of sp³-hybridized carbons (Fsp3) is 0.487. The van der Waals surface area contributed by atoms with Gasteiger partial charge in [-0.3, -0.25) is 9.78 Å². The lowest BCUT2D eigenvalue weighted by molar-refractivity contribution is -0.137. The van der Waals surface area contributed by atoms with Crippen molar-refractivity contribution in [1.82, 2.24) is 19.7 Å². The average molecular weight is 660 g/mol. The monoisotopic (exact) mass is 659 g/mol. The summed E-state index contributed by atoms with van der Waals surface area (Å²) in [7, 11) is 4.23. The Bertz CT molecular complexity index is 1500. The van der Waals surface area contributed by atoms with E-state index >= 15 is 0 Å². The third-order valence-electron chi connectivity index (χ3n) is 11.2. The summed E-state index contributed by atoms with van der Waals surface area (Å²) < 4.78 is 39.2.